The molecule has 0 fully saturated rings. The fourth-order valence-corrected chi connectivity index (χ4v) is 2.47. The second-order valence-electron chi connectivity index (χ2n) is 5.64. The maximum absolute atomic E-state index is 11.7. The van der Waals surface area contributed by atoms with Gasteiger partial charge in [-0.3, -0.25) is 9.79 Å². The van der Waals surface area contributed by atoms with Crippen molar-refractivity contribution in [1.82, 2.24) is 20.5 Å². The molecule has 1 aromatic heterocycles. The average Bonchev–Trinajstić information content (AvgIpc) is 3.15. The number of guanidine groups is 1. The normalized spacial score (nSPS) is 10.8. The average molecular weight is 469 g/mol. The number of benzene rings is 1. The highest BCUT2D eigenvalue weighted by Gasteiger charge is 2.03. The summed E-state index contributed by atoms with van der Waals surface area (Å²) in [6.45, 7) is 5.24. The Morgan fingerprint density at radius 3 is 2.62 bits per heavy atom. The lowest BCUT2D eigenvalue weighted by Crippen LogP contribution is -2.39. The topological polar surface area (TPSA) is 70.4 Å². The van der Waals surface area contributed by atoms with E-state index < -0.39 is 0 Å². The number of carbonyl (C=O) groups excluding carboxylic acids is 1. The van der Waals surface area contributed by atoms with Crippen LogP contribution in [-0.4, -0.2) is 43.1 Å². The Hall–Kier alpha value is -2.03. The molecule has 1 aromatic carbocycles. The Labute approximate surface area is 172 Å². The highest BCUT2D eigenvalue weighted by Crippen LogP contribution is 2.06. The van der Waals surface area contributed by atoms with Crippen molar-refractivity contribution in [3.63, 3.8) is 0 Å². The highest BCUT2D eigenvalue weighted by molar-refractivity contribution is 14.0. The summed E-state index contributed by atoms with van der Waals surface area (Å²) in [5, 5.41) is 9.24. The second-order valence-corrected chi connectivity index (χ2v) is 5.64. The minimum Gasteiger partial charge on any atom is -0.357 e. The molecule has 0 aliphatic carbocycles. The van der Waals surface area contributed by atoms with Crippen molar-refractivity contribution in [1.29, 1.82) is 0 Å². The number of rotatable bonds is 8. The Balaban J connectivity index is 0.00000338. The van der Waals surface area contributed by atoms with Crippen LogP contribution in [0.5, 0.6) is 0 Å². The molecule has 26 heavy (non-hydrogen) atoms. The number of nitrogens with one attached hydrogen (secondary N) is 3. The standard InChI is InChI=1S/C19H27N5O.HI/c1-3-21-19(23-11-14-24-12-4-5-13-24)22-10-9-16-7-6-8-17(15-16)18(25)20-2;/h4-8,12-13,15H,3,9-11,14H2,1-2H3,(H,20,25)(H2,21,22,23);1H. The predicted molar refractivity (Wildman–Crippen MR) is 117 cm³/mol. The van der Waals surface area contributed by atoms with Crippen LogP contribution in [0.1, 0.15) is 22.8 Å². The molecule has 3 N–H and O–H groups in total. The first kappa shape index (κ1) is 22.0. The van der Waals surface area contributed by atoms with Crippen LogP contribution in [-0.2, 0) is 13.0 Å². The lowest BCUT2D eigenvalue weighted by Gasteiger charge is -2.12. The number of hydrogen-bond acceptors (Lipinski definition) is 2. The van der Waals surface area contributed by atoms with Crippen molar-refractivity contribution in [3.8, 4) is 0 Å². The highest BCUT2D eigenvalue weighted by atomic mass is 127. The molecule has 1 amide bonds. The molecular weight excluding hydrogens is 441 g/mol. The summed E-state index contributed by atoms with van der Waals surface area (Å²) in [7, 11) is 1.64. The molecule has 2 rings (SSSR count). The van der Waals surface area contributed by atoms with Gasteiger partial charge in [0, 0.05) is 51.2 Å². The number of hydrogen-bond donors (Lipinski definition) is 3. The van der Waals surface area contributed by atoms with E-state index in [2.05, 4.69) is 32.4 Å². The molecule has 0 aliphatic heterocycles. The molecule has 2 aromatic rings. The zero-order chi connectivity index (χ0) is 17.9. The Morgan fingerprint density at radius 2 is 1.92 bits per heavy atom. The van der Waals surface area contributed by atoms with E-state index >= 15 is 0 Å². The van der Waals surface area contributed by atoms with Gasteiger partial charge in [0.25, 0.3) is 5.91 Å². The van der Waals surface area contributed by atoms with Crippen molar-refractivity contribution in [2.75, 3.05) is 26.7 Å². The van der Waals surface area contributed by atoms with Crippen molar-refractivity contribution in [3.05, 3.63) is 59.9 Å². The van der Waals surface area contributed by atoms with E-state index in [4.69, 9.17) is 0 Å². The zero-order valence-electron chi connectivity index (χ0n) is 15.4. The van der Waals surface area contributed by atoms with Crippen LogP contribution < -0.4 is 16.0 Å². The Bertz CT molecular complexity index is 685. The number of carbonyl (C=O) groups is 1. The summed E-state index contributed by atoms with van der Waals surface area (Å²) in [4.78, 5) is 16.3. The van der Waals surface area contributed by atoms with Gasteiger partial charge in [0.1, 0.15) is 0 Å². The third kappa shape index (κ3) is 7.47. The molecule has 0 atom stereocenters. The van der Waals surface area contributed by atoms with Crippen LogP contribution in [0.3, 0.4) is 0 Å². The van der Waals surface area contributed by atoms with Gasteiger partial charge >= 0.3 is 0 Å². The fraction of sp³-hybridized carbons (Fsp3) is 0.368. The van der Waals surface area contributed by atoms with Gasteiger partial charge in [0.05, 0.1) is 0 Å². The molecule has 0 saturated carbocycles. The van der Waals surface area contributed by atoms with Crippen LogP contribution in [0.25, 0.3) is 0 Å². The van der Waals surface area contributed by atoms with Crippen LogP contribution >= 0.6 is 24.0 Å². The number of nitrogens with zero attached hydrogens (tertiary/aromatic N) is 2. The van der Waals surface area contributed by atoms with Gasteiger partial charge in [0.2, 0.25) is 0 Å². The first-order valence-corrected chi connectivity index (χ1v) is 8.67. The fourth-order valence-electron chi connectivity index (χ4n) is 2.47. The van der Waals surface area contributed by atoms with E-state index in [9.17, 15) is 4.79 Å². The zero-order valence-corrected chi connectivity index (χ0v) is 17.7. The summed E-state index contributed by atoms with van der Waals surface area (Å²) >= 11 is 0. The molecule has 0 spiro atoms. The number of aliphatic imine (C=N–C) groups is 1. The van der Waals surface area contributed by atoms with Gasteiger partial charge < -0.3 is 20.5 Å². The summed E-state index contributed by atoms with van der Waals surface area (Å²) in [5.74, 6) is 0.752. The van der Waals surface area contributed by atoms with Crippen molar-refractivity contribution in [2.24, 2.45) is 4.99 Å². The minimum atomic E-state index is -0.0645. The SMILES string of the molecule is CCNC(=NCCc1cccc(C(=O)NC)c1)NCCn1cccc1.I. The summed E-state index contributed by atoms with van der Waals surface area (Å²) < 4.78 is 2.13. The molecule has 7 heteroatoms. The minimum absolute atomic E-state index is 0. The largest absolute Gasteiger partial charge is 0.357 e. The Kier molecular flexibility index (Phi) is 10.5. The van der Waals surface area contributed by atoms with Gasteiger partial charge in [-0.15, -0.1) is 24.0 Å². The number of aromatic nitrogens is 1. The lowest BCUT2D eigenvalue weighted by atomic mass is 10.1. The first-order chi connectivity index (χ1) is 12.2. The van der Waals surface area contributed by atoms with E-state index in [1.807, 2.05) is 48.8 Å². The molecule has 142 valence electrons. The molecule has 0 unspecified atom stereocenters. The van der Waals surface area contributed by atoms with E-state index in [1.54, 1.807) is 7.05 Å². The summed E-state index contributed by atoms with van der Waals surface area (Å²) in [6.07, 6.45) is 4.88. The molecule has 0 radical (unpaired) electrons. The number of halogens is 1. The molecule has 0 aliphatic rings. The molecule has 6 nitrogen and oxygen atoms in total. The van der Waals surface area contributed by atoms with Crippen molar-refractivity contribution in [2.45, 2.75) is 19.9 Å². The van der Waals surface area contributed by atoms with Gasteiger partial charge in [-0.05, 0) is 43.2 Å². The second kappa shape index (κ2) is 12.3. The van der Waals surface area contributed by atoms with Crippen molar-refractivity contribution < 1.29 is 4.79 Å². The molecular formula is C19H28IN5O. The van der Waals surface area contributed by atoms with Crippen LogP contribution in [0, 0.1) is 0 Å². The number of amides is 1. The van der Waals surface area contributed by atoms with E-state index in [0.29, 0.717) is 12.1 Å². The van der Waals surface area contributed by atoms with Crippen LogP contribution in [0.15, 0.2) is 53.8 Å². The predicted octanol–water partition coefficient (Wildman–Crippen LogP) is 2.26. The lowest BCUT2D eigenvalue weighted by molar-refractivity contribution is 0.0963. The van der Waals surface area contributed by atoms with Crippen LogP contribution in [0.4, 0.5) is 0 Å². The molecule has 1 heterocycles. The van der Waals surface area contributed by atoms with Gasteiger partial charge in [-0.1, -0.05) is 12.1 Å². The molecule has 0 bridgehead atoms. The third-order valence-corrected chi connectivity index (χ3v) is 3.76. The van der Waals surface area contributed by atoms with E-state index in [0.717, 1.165) is 37.6 Å². The maximum Gasteiger partial charge on any atom is 0.251 e. The van der Waals surface area contributed by atoms with E-state index in [1.165, 1.54) is 0 Å². The third-order valence-electron chi connectivity index (χ3n) is 3.76. The van der Waals surface area contributed by atoms with Crippen molar-refractivity contribution >= 4 is 35.8 Å². The van der Waals surface area contributed by atoms with E-state index in [-0.39, 0.29) is 29.9 Å². The van der Waals surface area contributed by atoms with Gasteiger partial charge in [-0.2, -0.15) is 0 Å². The van der Waals surface area contributed by atoms with Crippen LogP contribution in [0.2, 0.25) is 0 Å². The smallest absolute Gasteiger partial charge is 0.251 e. The summed E-state index contributed by atoms with van der Waals surface area (Å²) in [5.41, 5.74) is 1.79. The monoisotopic (exact) mass is 469 g/mol. The van der Waals surface area contributed by atoms with Gasteiger partial charge in [-0.25, -0.2) is 0 Å². The maximum atomic E-state index is 11.7. The first-order valence-electron chi connectivity index (χ1n) is 8.67. The molecule has 0 saturated heterocycles. The quantitative estimate of drug-likeness (QED) is 0.316. The van der Waals surface area contributed by atoms with Gasteiger partial charge in [0.15, 0.2) is 5.96 Å². The Morgan fingerprint density at radius 1 is 1.15 bits per heavy atom. The summed E-state index contributed by atoms with van der Waals surface area (Å²) in [6, 6.07) is 11.7.